The van der Waals surface area contributed by atoms with Gasteiger partial charge in [0.25, 0.3) is 0 Å². The second-order valence-electron chi connectivity index (χ2n) is 7.77. The number of nitrogens with one attached hydrogen (secondary N) is 1. The maximum atomic E-state index is 13.9. The van der Waals surface area contributed by atoms with Crippen molar-refractivity contribution in [2.24, 2.45) is 11.8 Å². The minimum Gasteiger partial charge on any atom is -0.505 e. The van der Waals surface area contributed by atoms with Crippen LogP contribution in [0, 0.1) is 31.5 Å². The van der Waals surface area contributed by atoms with Crippen LogP contribution in [0.4, 0.5) is 10.2 Å². The predicted molar refractivity (Wildman–Crippen MR) is 101 cm³/mol. The Morgan fingerprint density at radius 2 is 1.81 bits per heavy atom. The number of benzene rings is 1. The van der Waals surface area contributed by atoms with E-state index in [2.05, 4.69) is 20.3 Å². The van der Waals surface area contributed by atoms with E-state index in [4.69, 9.17) is 0 Å². The first-order valence-corrected chi connectivity index (χ1v) is 9.50. The van der Waals surface area contributed by atoms with Crippen LogP contribution in [0.1, 0.15) is 37.3 Å². The van der Waals surface area contributed by atoms with E-state index in [1.54, 1.807) is 10.6 Å². The molecule has 0 aliphatic heterocycles. The molecule has 2 saturated carbocycles. The van der Waals surface area contributed by atoms with Crippen LogP contribution in [0.2, 0.25) is 0 Å². The summed E-state index contributed by atoms with van der Waals surface area (Å²) in [4.78, 5) is 13.9. The molecule has 5 rings (SSSR count). The zero-order valence-electron chi connectivity index (χ0n) is 15.4. The summed E-state index contributed by atoms with van der Waals surface area (Å²) in [6.07, 6.45) is 5.12. The first kappa shape index (κ1) is 16.5. The van der Waals surface area contributed by atoms with Crippen LogP contribution in [0.15, 0.2) is 18.2 Å². The normalized spacial score (nSPS) is 17.0. The highest BCUT2D eigenvalue weighted by atomic mass is 19.1. The van der Waals surface area contributed by atoms with Crippen LogP contribution in [-0.4, -0.2) is 30.7 Å². The van der Waals surface area contributed by atoms with E-state index in [0.29, 0.717) is 34.5 Å². The highest BCUT2D eigenvalue weighted by molar-refractivity contribution is 5.85. The Bertz CT molecular complexity index is 1030. The lowest BCUT2D eigenvalue weighted by Gasteiger charge is -2.18. The van der Waals surface area contributed by atoms with Gasteiger partial charge >= 0.3 is 0 Å². The molecule has 0 amide bonds. The van der Waals surface area contributed by atoms with Crippen LogP contribution in [0.25, 0.3) is 16.9 Å². The summed E-state index contributed by atoms with van der Waals surface area (Å²) in [5, 5.41) is 13.1. The molecule has 140 valence electrons. The van der Waals surface area contributed by atoms with Gasteiger partial charge in [-0.2, -0.15) is 0 Å². The van der Waals surface area contributed by atoms with Crippen molar-refractivity contribution in [2.75, 3.05) is 5.32 Å². The van der Waals surface area contributed by atoms with E-state index < -0.39 is 5.82 Å². The fraction of sp³-hybridized carbons (Fsp3) is 0.450. The van der Waals surface area contributed by atoms with Gasteiger partial charge in [0.1, 0.15) is 11.6 Å². The fourth-order valence-electron chi connectivity index (χ4n) is 3.91. The molecule has 2 fully saturated rings. The van der Waals surface area contributed by atoms with Crippen molar-refractivity contribution in [1.29, 1.82) is 0 Å². The van der Waals surface area contributed by atoms with Gasteiger partial charge in [0, 0.05) is 12.1 Å². The third-order valence-electron chi connectivity index (χ3n) is 5.54. The average molecular weight is 367 g/mol. The highest BCUT2D eigenvalue weighted by Gasteiger charge is 2.42. The molecule has 2 N–H and O–H groups in total. The van der Waals surface area contributed by atoms with Crippen molar-refractivity contribution in [3.63, 3.8) is 0 Å². The zero-order valence-corrected chi connectivity index (χ0v) is 15.4. The highest BCUT2D eigenvalue weighted by Crippen LogP contribution is 2.46. The van der Waals surface area contributed by atoms with Crippen molar-refractivity contribution in [3.05, 3.63) is 35.7 Å². The molecule has 7 heteroatoms. The first-order valence-electron chi connectivity index (χ1n) is 9.50. The van der Waals surface area contributed by atoms with Gasteiger partial charge in [-0.05, 0) is 63.5 Å². The van der Waals surface area contributed by atoms with Crippen LogP contribution in [0.5, 0.6) is 5.75 Å². The molecule has 2 aliphatic carbocycles. The van der Waals surface area contributed by atoms with Gasteiger partial charge in [-0.15, -0.1) is 0 Å². The quantitative estimate of drug-likeness (QED) is 0.716. The number of aromatic nitrogens is 4. The summed E-state index contributed by atoms with van der Waals surface area (Å²) in [5.74, 6) is 2.55. The lowest BCUT2D eigenvalue weighted by molar-refractivity contribution is 0.432. The predicted octanol–water partition coefficient (Wildman–Crippen LogP) is 3.88. The van der Waals surface area contributed by atoms with Gasteiger partial charge in [-0.1, -0.05) is 0 Å². The van der Waals surface area contributed by atoms with E-state index >= 15 is 0 Å². The van der Waals surface area contributed by atoms with E-state index in [-0.39, 0.29) is 5.75 Å². The number of phenolic OH excluding ortho intramolecular Hbond substituents is 1. The van der Waals surface area contributed by atoms with E-state index in [9.17, 15) is 9.50 Å². The molecular weight excluding hydrogens is 345 g/mol. The van der Waals surface area contributed by atoms with Crippen LogP contribution >= 0.6 is 0 Å². The molecule has 6 nitrogen and oxygen atoms in total. The summed E-state index contributed by atoms with van der Waals surface area (Å²) in [7, 11) is 0. The first-order chi connectivity index (χ1) is 13.0. The summed E-state index contributed by atoms with van der Waals surface area (Å²) in [5.41, 5.74) is 1.94. The Balaban J connectivity index is 1.62. The van der Waals surface area contributed by atoms with Crippen molar-refractivity contribution >= 4 is 17.0 Å². The summed E-state index contributed by atoms with van der Waals surface area (Å²) < 4.78 is 15.7. The minimum atomic E-state index is -0.666. The molecular formula is C20H22FN5O. The van der Waals surface area contributed by atoms with E-state index in [1.165, 1.54) is 37.8 Å². The third-order valence-corrected chi connectivity index (χ3v) is 5.54. The second kappa shape index (κ2) is 5.90. The average Bonchev–Trinajstić information content (AvgIpc) is 3.52. The van der Waals surface area contributed by atoms with Crippen molar-refractivity contribution in [2.45, 2.75) is 45.6 Å². The van der Waals surface area contributed by atoms with Gasteiger partial charge in [-0.3, -0.25) is 4.57 Å². The molecule has 0 radical (unpaired) electrons. The molecule has 0 spiro atoms. The number of aryl methyl sites for hydroxylation is 2. The maximum Gasteiger partial charge on any atom is 0.170 e. The van der Waals surface area contributed by atoms with Crippen molar-refractivity contribution in [3.8, 4) is 11.4 Å². The Labute approximate surface area is 156 Å². The number of hydrogen-bond acceptors (Lipinski definition) is 5. The molecule has 27 heavy (non-hydrogen) atoms. The lowest BCUT2D eigenvalue weighted by Crippen LogP contribution is -2.25. The summed E-state index contributed by atoms with van der Waals surface area (Å²) in [6.45, 7) is 3.72. The Morgan fingerprint density at radius 1 is 1.11 bits per heavy atom. The minimum absolute atomic E-state index is 0.370. The fourth-order valence-corrected chi connectivity index (χ4v) is 3.91. The summed E-state index contributed by atoms with van der Waals surface area (Å²) in [6, 6.07) is 4.76. The molecule has 2 aromatic heterocycles. The van der Waals surface area contributed by atoms with Crippen molar-refractivity contribution < 1.29 is 9.50 Å². The molecule has 2 aliphatic rings. The number of aromatic hydroxyl groups is 1. The summed E-state index contributed by atoms with van der Waals surface area (Å²) >= 11 is 0. The Morgan fingerprint density at radius 3 is 2.44 bits per heavy atom. The number of nitrogens with zero attached hydrogens (tertiary/aromatic N) is 4. The maximum absolute atomic E-state index is 13.9. The van der Waals surface area contributed by atoms with Gasteiger partial charge in [0.2, 0.25) is 0 Å². The monoisotopic (exact) mass is 367 g/mol. The lowest BCUT2D eigenvalue weighted by atomic mass is 10.1. The van der Waals surface area contributed by atoms with E-state index in [0.717, 1.165) is 17.7 Å². The third kappa shape index (κ3) is 2.91. The number of fused-ring (bicyclic) bond motifs is 1. The molecule has 0 saturated heterocycles. The number of imidazole rings is 1. The number of hydrogen-bond donors (Lipinski definition) is 2. The van der Waals surface area contributed by atoms with Crippen LogP contribution < -0.4 is 5.32 Å². The smallest absolute Gasteiger partial charge is 0.170 e. The molecule has 2 heterocycles. The number of phenols is 1. The Hall–Kier alpha value is -2.70. The molecule has 0 atom stereocenters. The van der Waals surface area contributed by atoms with Gasteiger partial charge in [0.05, 0.1) is 5.69 Å². The van der Waals surface area contributed by atoms with Gasteiger partial charge in [0.15, 0.2) is 28.5 Å². The zero-order chi connectivity index (χ0) is 18.7. The largest absolute Gasteiger partial charge is 0.505 e. The van der Waals surface area contributed by atoms with Gasteiger partial charge < -0.3 is 10.4 Å². The molecule has 3 aromatic rings. The van der Waals surface area contributed by atoms with Crippen LogP contribution in [0.3, 0.4) is 0 Å². The second-order valence-corrected chi connectivity index (χ2v) is 7.77. The molecule has 1 aromatic carbocycles. The Kier molecular flexibility index (Phi) is 3.60. The molecule has 0 unspecified atom stereocenters. The number of rotatable bonds is 5. The van der Waals surface area contributed by atoms with Crippen LogP contribution in [-0.2, 0) is 0 Å². The standard InChI is InChI=1S/C20H22FN5O/c1-10-22-19(25-17(12-3-4-12)13-5-6-13)18-20(23-10)26(11(2)24-18)14-7-8-16(27)15(21)9-14/h7-9,12-13,17,27H,3-6H2,1-2H3,(H,22,23,25). The van der Waals surface area contributed by atoms with Gasteiger partial charge in [-0.25, -0.2) is 19.3 Å². The van der Waals surface area contributed by atoms with E-state index in [1.807, 2.05) is 13.8 Å². The topological polar surface area (TPSA) is 75.9 Å². The molecule has 0 bridgehead atoms. The SMILES string of the molecule is Cc1nc(NC(C2CC2)C2CC2)c2nc(C)n(-c3ccc(O)c(F)c3)c2n1. The van der Waals surface area contributed by atoms with Crippen molar-refractivity contribution in [1.82, 2.24) is 19.5 Å². The number of halogens is 1. The number of anilines is 1.